The van der Waals surface area contributed by atoms with E-state index in [0.29, 0.717) is 5.65 Å². The van der Waals surface area contributed by atoms with Gasteiger partial charge < -0.3 is 9.88 Å². The average Bonchev–Trinajstić information content (AvgIpc) is 3.09. The summed E-state index contributed by atoms with van der Waals surface area (Å²) in [5.74, 6) is 5.90. The molecule has 2 aromatic heterocycles. The molecule has 4 nitrogen and oxygen atoms in total. The molecule has 1 fully saturated rings. The summed E-state index contributed by atoms with van der Waals surface area (Å²) in [6.07, 6.45) is 3.33. The first-order chi connectivity index (χ1) is 12.7. The summed E-state index contributed by atoms with van der Waals surface area (Å²) < 4.78 is 15.6. The lowest BCUT2D eigenvalue weighted by Gasteiger charge is -2.34. The van der Waals surface area contributed by atoms with Crippen molar-refractivity contribution in [3.63, 3.8) is 0 Å². The normalized spacial score (nSPS) is 15.1. The van der Waals surface area contributed by atoms with E-state index in [9.17, 15) is 4.39 Å². The van der Waals surface area contributed by atoms with E-state index in [1.807, 2.05) is 30.1 Å². The molecule has 26 heavy (non-hydrogen) atoms. The van der Waals surface area contributed by atoms with Gasteiger partial charge in [0.25, 0.3) is 0 Å². The Morgan fingerprint density at radius 3 is 2.58 bits per heavy atom. The van der Waals surface area contributed by atoms with Crippen LogP contribution in [0.15, 0.2) is 42.6 Å². The molecule has 132 valence electrons. The minimum atomic E-state index is -0.343. The van der Waals surface area contributed by atoms with Gasteiger partial charge in [0.1, 0.15) is 11.5 Å². The fourth-order valence-corrected chi connectivity index (χ4v) is 3.61. The maximum absolute atomic E-state index is 13.2. The molecule has 0 aliphatic carbocycles. The molecule has 0 radical (unpaired) electrons. The SMILES string of the molecule is CSN1CCN(c2ccc(C#Cc3cc4cc(F)cnc4[nH]3)cc2)CC1. The number of hydrogen-bond acceptors (Lipinski definition) is 4. The number of halogens is 1. The van der Waals surface area contributed by atoms with Gasteiger partial charge in [-0.2, -0.15) is 0 Å². The van der Waals surface area contributed by atoms with Crippen LogP contribution in [0.2, 0.25) is 0 Å². The number of fused-ring (bicyclic) bond motifs is 1. The third kappa shape index (κ3) is 3.69. The van der Waals surface area contributed by atoms with E-state index in [1.165, 1.54) is 18.0 Å². The highest BCUT2D eigenvalue weighted by Crippen LogP contribution is 2.19. The third-order valence-electron chi connectivity index (χ3n) is 4.51. The van der Waals surface area contributed by atoms with Crippen molar-refractivity contribution in [3.8, 4) is 11.8 Å². The standard InChI is InChI=1S/C20H19FN4S/c1-26-25-10-8-24(9-11-25)19-6-3-15(4-7-19)2-5-18-13-16-12-17(21)14-22-20(16)23-18/h3-4,6-7,12-14H,8-11H2,1H3,(H,22,23). The number of piperazine rings is 1. The van der Waals surface area contributed by atoms with Gasteiger partial charge in [0, 0.05) is 42.8 Å². The second kappa shape index (κ2) is 7.40. The van der Waals surface area contributed by atoms with E-state index in [0.717, 1.165) is 42.8 Å². The lowest BCUT2D eigenvalue weighted by Crippen LogP contribution is -2.43. The Bertz CT molecular complexity index is 963. The van der Waals surface area contributed by atoms with Gasteiger partial charge in [-0.3, -0.25) is 0 Å². The number of H-pyrrole nitrogens is 1. The molecule has 3 aromatic rings. The average molecular weight is 366 g/mol. The summed E-state index contributed by atoms with van der Waals surface area (Å²) in [4.78, 5) is 9.53. The number of hydrogen-bond donors (Lipinski definition) is 1. The zero-order chi connectivity index (χ0) is 17.9. The summed E-state index contributed by atoms with van der Waals surface area (Å²) >= 11 is 1.81. The first-order valence-corrected chi connectivity index (χ1v) is 9.70. The lowest BCUT2D eigenvalue weighted by atomic mass is 10.2. The molecule has 0 saturated carbocycles. The molecule has 3 heterocycles. The van der Waals surface area contributed by atoms with E-state index >= 15 is 0 Å². The summed E-state index contributed by atoms with van der Waals surface area (Å²) in [6, 6.07) is 11.6. The van der Waals surface area contributed by atoms with E-state index in [2.05, 4.69) is 49.4 Å². The van der Waals surface area contributed by atoms with Crippen LogP contribution in [0.5, 0.6) is 0 Å². The van der Waals surface area contributed by atoms with Crippen LogP contribution in [0, 0.1) is 17.7 Å². The number of nitrogens with zero attached hydrogens (tertiary/aromatic N) is 3. The topological polar surface area (TPSA) is 35.2 Å². The smallest absolute Gasteiger partial charge is 0.142 e. The van der Waals surface area contributed by atoms with Crippen LogP contribution in [0.1, 0.15) is 11.3 Å². The first-order valence-electron chi connectivity index (χ1n) is 8.51. The van der Waals surface area contributed by atoms with Crippen LogP contribution in [-0.2, 0) is 0 Å². The fraction of sp³-hybridized carbons (Fsp3) is 0.250. The number of rotatable bonds is 2. The molecule has 1 aliphatic heterocycles. The van der Waals surface area contributed by atoms with Gasteiger partial charge in [-0.15, -0.1) is 0 Å². The van der Waals surface area contributed by atoms with Gasteiger partial charge in [0.2, 0.25) is 0 Å². The maximum atomic E-state index is 13.2. The zero-order valence-electron chi connectivity index (χ0n) is 14.5. The number of nitrogens with one attached hydrogen (secondary N) is 1. The fourth-order valence-electron chi connectivity index (χ4n) is 3.08. The summed E-state index contributed by atoms with van der Waals surface area (Å²) in [5, 5.41) is 0.731. The van der Waals surface area contributed by atoms with Gasteiger partial charge in [-0.25, -0.2) is 13.7 Å². The lowest BCUT2D eigenvalue weighted by molar-refractivity contribution is 0.431. The Hall–Kier alpha value is -2.49. The molecule has 0 bridgehead atoms. The molecular formula is C20H19FN4S. The molecule has 1 aliphatic rings. The van der Waals surface area contributed by atoms with Crippen LogP contribution >= 0.6 is 11.9 Å². The van der Waals surface area contributed by atoms with Crippen molar-refractivity contribution in [3.05, 3.63) is 59.7 Å². The maximum Gasteiger partial charge on any atom is 0.142 e. The zero-order valence-corrected chi connectivity index (χ0v) is 15.3. The van der Waals surface area contributed by atoms with Crippen molar-refractivity contribution in [2.75, 3.05) is 37.3 Å². The van der Waals surface area contributed by atoms with Crippen molar-refractivity contribution in [2.45, 2.75) is 0 Å². The molecule has 1 saturated heterocycles. The number of benzene rings is 1. The van der Waals surface area contributed by atoms with Crippen molar-refractivity contribution < 1.29 is 4.39 Å². The number of aromatic nitrogens is 2. The summed E-state index contributed by atoms with van der Waals surface area (Å²) in [6.45, 7) is 4.25. The van der Waals surface area contributed by atoms with Crippen LogP contribution in [0.4, 0.5) is 10.1 Å². The number of aromatic amines is 1. The predicted molar refractivity (Wildman–Crippen MR) is 106 cm³/mol. The molecule has 0 amide bonds. The molecule has 0 spiro atoms. The summed E-state index contributed by atoms with van der Waals surface area (Å²) in [7, 11) is 0. The largest absolute Gasteiger partial charge is 0.369 e. The third-order valence-corrected chi connectivity index (χ3v) is 5.39. The summed E-state index contributed by atoms with van der Waals surface area (Å²) in [5.41, 5.74) is 3.57. The number of pyridine rings is 1. The van der Waals surface area contributed by atoms with Crippen LogP contribution < -0.4 is 4.90 Å². The molecule has 0 unspecified atom stereocenters. The predicted octanol–water partition coefficient (Wildman–Crippen LogP) is 3.50. The van der Waals surface area contributed by atoms with Gasteiger partial charge >= 0.3 is 0 Å². The molecule has 6 heteroatoms. The molecular weight excluding hydrogens is 347 g/mol. The Morgan fingerprint density at radius 2 is 1.85 bits per heavy atom. The Kier molecular flexibility index (Phi) is 4.83. The Labute approximate surface area is 156 Å². The van der Waals surface area contributed by atoms with E-state index < -0.39 is 0 Å². The highest BCUT2D eigenvalue weighted by molar-refractivity contribution is 7.96. The van der Waals surface area contributed by atoms with E-state index in [-0.39, 0.29) is 5.82 Å². The second-order valence-corrected chi connectivity index (χ2v) is 7.05. The quantitative estimate of drug-likeness (QED) is 0.556. The number of anilines is 1. The van der Waals surface area contributed by atoms with Crippen LogP contribution in [0.3, 0.4) is 0 Å². The highest BCUT2D eigenvalue weighted by Gasteiger charge is 2.16. The van der Waals surface area contributed by atoms with E-state index in [4.69, 9.17) is 0 Å². The van der Waals surface area contributed by atoms with Crippen molar-refractivity contribution in [1.82, 2.24) is 14.3 Å². The Balaban J connectivity index is 1.46. The van der Waals surface area contributed by atoms with Gasteiger partial charge in [-0.1, -0.05) is 17.9 Å². The van der Waals surface area contributed by atoms with Gasteiger partial charge in [0.05, 0.1) is 11.9 Å². The second-order valence-electron chi connectivity index (χ2n) is 6.17. The van der Waals surface area contributed by atoms with Crippen LogP contribution in [-0.4, -0.2) is 46.7 Å². The van der Waals surface area contributed by atoms with Gasteiger partial charge in [0.15, 0.2) is 0 Å². The van der Waals surface area contributed by atoms with Crippen LogP contribution in [0.25, 0.3) is 11.0 Å². The molecule has 4 rings (SSSR count). The van der Waals surface area contributed by atoms with Crippen molar-refractivity contribution in [1.29, 1.82) is 0 Å². The minimum absolute atomic E-state index is 0.343. The van der Waals surface area contributed by atoms with Crippen molar-refractivity contribution in [2.24, 2.45) is 0 Å². The first kappa shape index (κ1) is 17.0. The Morgan fingerprint density at radius 1 is 1.08 bits per heavy atom. The molecule has 1 N–H and O–H groups in total. The van der Waals surface area contributed by atoms with E-state index in [1.54, 1.807) is 0 Å². The monoisotopic (exact) mass is 366 g/mol. The molecule has 0 atom stereocenters. The highest BCUT2D eigenvalue weighted by atomic mass is 32.2. The van der Waals surface area contributed by atoms with Gasteiger partial charge in [-0.05, 0) is 48.6 Å². The van der Waals surface area contributed by atoms with Crippen molar-refractivity contribution >= 4 is 28.7 Å². The minimum Gasteiger partial charge on any atom is -0.369 e. The molecule has 1 aromatic carbocycles.